The molecule has 5 heteroatoms. The first kappa shape index (κ1) is 13.2. The lowest BCUT2D eigenvalue weighted by Gasteiger charge is -2.20. The average Bonchev–Trinajstić information content (AvgIpc) is 3.04. The van der Waals surface area contributed by atoms with E-state index in [1.165, 1.54) is 0 Å². The van der Waals surface area contributed by atoms with Crippen LogP contribution < -0.4 is 0 Å². The van der Waals surface area contributed by atoms with Crippen molar-refractivity contribution in [1.82, 2.24) is 4.90 Å². The minimum absolute atomic E-state index is 0.0342. The highest BCUT2D eigenvalue weighted by Crippen LogP contribution is 2.48. The highest BCUT2D eigenvalue weighted by molar-refractivity contribution is 5.82. The Hall–Kier alpha value is -2.27. The second-order valence-corrected chi connectivity index (χ2v) is 4.61. The summed E-state index contributed by atoms with van der Waals surface area (Å²) in [7, 11) is 0. The minimum Gasteiger partial charge on any atom is -0.469 e. The maximum absolute atomic E-state index is 12.3. The van der Waals surface area contributed by atoms with Crippen LogP contribution in [0.3, 0.4) is 0 Å². The van der Waals surface area contributed by atoms with Gasteiger partial charge in [0.2, 0.25) is 5.91 Å². The molecule has 5 nitrogen and oxygen atoms in total. The van der Waals surface area contributed by atoms with Gasteiger partial charge in [0.05, 0.1) is 31.2 Å². The molecule has 2 atom stereocenters. The van der Waals surface area contributed by atoms with Gasteiger partial charge in [0.15, 0.2) is 0 Å². The molecule has 0 saturated heterocycles. The quantitative estimate of drug-likeness (QED) is 0.780. The highest BCUT2D eigenvalue weighted by Gasteiger charge is 2.47. The second kappa shape index (κ2) is 6.06. The van der Waals surface area contributed by atoms with Gasteiger partial charge < -0.3 is 9.32 Å². The van der Waals surface area contributed by atoms with Gasteiger partial charge in [-0.15, -0.1) is 0 Å². The Labute approximate surface area is 112 Å². The van der Waals surface area contributed by atoms with Gasteiger partial charge >= 0.3 is 0 Å². The van der Waals surface area contributed by atoms with Crippen LogP contribution in [0, 0.1) is 28.6 Å². The molecular weight excluding hydrogens is 242 g/mol. The molecule has 19 heavy (non-hydrogen) atoms. The van der Waals surface area contributed by atoms with Gasteiger partial charge in [-0.1, -0.05) is 0 Å². The molecule has 0 N–H and O–H groups in total. The standard InChI is InChI=1S/C14H15N3O2/c15-5-2-7-17(8-3-6-16)14(18)12-10-11(12)13-4-1-9-19-13/h1,4,9,11-12H,2-3,7-8,10H2. The molecule has 1 aliphatic rings. The third-order valence-corrected chi connectivity index (χ3v) is 3.31. The van der Waals surface area contributed by atoms with Crippen LogP contribution in [-0.4, -0.2) is 23.9 Å². The molecule has 1 amide bonds. The molecular formula is C14H15N3O2. The van der Waals surface area contributed by atoms with E-state index >= 15 is 0 Å². The maximum atomic E-state index is 12.3. The summed E-state index contributed by atoms with van der Waals surface area (Å²) in [5.41, 5.74) is 0. The summed E-state index contributed by atoms with van der Waals surface area (Å²) in [6.07, 6.45) is 3.00. The van der Waals surface area contributed by atoms with Crippen molar-refractivity contribution in [3.05, 3.63) is 24.2 Å². The smallest absolute Gasteiger partial charge is 0.226 e. The number of furan rings is 1. The maximum Gasteiger partial charge on any atom is 0.226 e. The number of carbonyl (C=O) groups excluding carboxylic acids is 1. The van der Waals surface area contributed by atoms with Crippen LogP contribution in [0.15, 0.2) is 22.8 Å². The number of rotatable bonds is 6. The molecule has 0 bridgehead atoms. The lowest BCUT2D eigenvalue weighted by Crippen LogP contribution is -2.34. The summed E-state index contributed by atoms with van der Waals surface area (Å²) in [6.45, 7) is 0.802. The van der Waals surface area contributed by atoms with Crippen molar-refractivity contribution in [3.63, 3.8) is 0 Å². The van der Waals surface area contributed by atoms with E-state index in [0.29, 0.717) is 25.9 Å². The number of hydrogen-bond acceptors (Lipinski definition) is 4. The molecule has 98 valence electrons. The summed E-state index contributed by atoms with van der Waals surface area (Å²) in [4.78, 5) is 13.9. The molecule has 1 fully saturated rings. The van der Waals surface area contributed by atoms with E-state index in [9.17, 15) is 4.79 Å². The fourth-order valence-corrected chi connectivity index (χ4v) is 2.22. The van der Waals surface area contributed by atoms with E-state index in [2.05, 4.69) is 0 Å². The van der Waals surface area contributed by atoms with Crippen molar-refractivity contribution in [2.75, 3.05) is 13.1 Å². The molecule has 2 unspecified atom stereocenters. The Bertz CT molecular complexity index is 492. The van der Waals surface area contributed by atoms with E-state index in [1.807, 2.05) is 24.3 Å². The lowest BCUT2D eigenvalue weighted by atomic mass is 10.2. The van der Waals surface area contributed by atoms with Crippen LogP contribution in [0.4, 0.5) is 0 Å². The van der Waals surface area contributed by atoms with E-state index in [1.54, 1.807) is 11.2 Å². The lowest BCUT2D eigenvalue weighted by molar-refractivity contribution is -0.132. The summed E-state index contributed by atoms with van der Waals surface area (Å²) < 4.78 is 5.30. The largest absolute Gasteiger partial charge is 0.469 e. The normalized spacial score (nSPS) is 20.3. The fourth-order valence-electron chi connectivity index (χ4n) is 2.22. The van der Waals surface area contributed by atoms with Gasteiger partial charge in [-0.3, -0.25) is 4.79 Å². The number of nitrogens with zero attached hydrogens (tertiary/aromatic N) is 3. The number of amides is 1. The minimum atomic E-state index is -0.0523. The van der Waals surface area contributed by atoms with Gasteiger partial charge in [-0.25, -0.2) is 0 Å². The Morgan fingerprint density at radius 1 is 1.37 bits per heavy atom. The van der Waals surface area contributed by atoms with Crippen LogP contribution in [-0.2, 0) is 4.79 Å². The summed E-state index contributed by atoms with van der Waals surface area (Å²) >= 11 is 0. The zero-order valence-electron chi connectivity index (χ0n) is 10.6. The third-order valence-electron chi connectivity index (χ3n) is 3.31. The van der Waals surface area contributed by atoms with Crippen LogP contribution in [0.25, 0.3) is 0 Å². The van der Waals surface area contributed by atoms with Gasteiger partial charge in [0.25, 0.3) is 0 Å². The number of hydrogen-bond donors (Lipinski definition) is 0. The molecule has 1 saturated carbocycles. The van der Waals surface area contributed by atoms with Crippen molar-refractivity contribution < 1.29 is 9.21 Å². The fraction of sp³-hybridized carbons (Fsp3) is 0.500. The van der Waals surface area contributed by atoms with Gasteiger partial charge in [0.1, 0.15) is 5.76 Å². The van der Waals surface area contributed by atoms with E-state index in [4.69, 9.17) is 14.9 Å². The molecule has 1 aromatic rings. The second-order valence-electron chi connectivity index (χ2n) is 4.61. The molecule has 0 spiro atoms. The topological polar surface area (TPSA) is 81.0 Å². The van der Waals surface area contributed by atoms with Crippen LogP contribution in [0.5, 0.6) is 0 Å². The average molecular weight is 257 g/mol. The summed E-state index contributed by atoms with van der Waals surface area (Å²) in [5, 5.41) is 17.2. The first-order chi connectivity index (χ1) is 9.27. The van der Waals surface area contributed by atoms with Crippen molar-refractivity contribution in [3.8, 4) is 12.1 Å². The van der Waals surface area contributed by atoms with Crippen LogP contribution in [0.1, 0.15) is 30.9 Å². The van der Waals surface area contributed by atoms with Gasteiger partial charge in [-0.2, -0.15) is 10.5 Å². The Balaban J connectivity index is 1.93. The highest BCUT2D eigenvalue weighted by atomic mass is 16.3. The van der Waals surface area contributed by atoms with E-state index in [0.717, 1.165) is 12.2 Å². The Morgan fingerprint density at radius 3 is 2.58 bits per heavy atom. The summed E-state index contributed by atoms with van der Waals surface area (Å²) in [5.74, 6) is 0.989. The molecule has 0 aliphatic heterocycles. The predicted molar refractivity (Wildman–Crippen MR) is 66.6 cm³/mol. The number of nitriles is 2. The molecule has 0 radical (unpaired) electrons. The van der Waals surface area contributed by atoms with Gasteiger partial charge in [-0.05, 0) is 18.6 Å². The first-order valence-corrected chi connectivity index (χ1v) is 6.34. The molecule has 0 aromatic carbocycles. The number of carbonyl (C=O) groups is 1. The van der Waals surface area contributed by atoms with Crippen molar-refractivity contribution in [2.24, 2.45) is 5.92 Å². The van der Waals surface area contributed by atoms with Gasteiger partial charge in [0, 0.05) is 24.9 Å². The van der Waals surface area contributed by atoms with Crippen molar-refractivity contribution in [2.45, 2.75) is 25.2 Å². The molecule has 2 rings (SSSR count). The Morgan fingerprint density at radius 2 is 2.05 bits per heavy atom. The zero-order valence-corrected chi connectivity index (χ0v) is 10.6. The first-order valence-electron chi connectivity index (χ1n) is 6.34. The van der Waals surface area contributed by atoms with Crippen molar-refractivity contribution >= 4 is 5.91 Å². The van der Waals surface area contributed by atoms with Crippen LogP contribution >= 0.6 is 0 Å². The molecule has 1 aromatic heterocycles. The van der Waals surface area contributed by atoms with E-state index in [-0.39, 0.29) is 17.7 Å². The SMILES string of the molecule is N#CCCN(CCC#N)C(=O)C1CC1c1ccco1. The predicted octanol–water partition coefficient (Wildman–Crippen LogP) is 2.04. The van der Waals surface area contributed by atoms with E-state index < -0.39 is 0 Å². The Kier molecular flexibility index (Phi) is 4.20. The third kappa shape index (κ3) is 3.14. The van der Waals surface area contributed by atoms with Crippen molar-refractivity contribution in [1.29, 1.82) is 10.5 Å². The molecule has 1 aliphatic carbocycles. The monoisotopic (exact) mass is 257 g/mol. The van der Waals surface area contributed by atoms with Crippen LogP contribution in [0.2, 0.25) is 0 Å². The zero-order chi connectivity index (χ0) is 13.7. The molecule has 1 heterocycles. The summed E-state index contributed by atoms with van der Waals surface area (Å²) in [6, 6.07) is 7.76.